The quantitative estimate of drug-likeness (QED) is 0.458. The van der Waals surface area contributed by atoms with Crippen LogP contribution in [0.3, 0.4) is 0 Å². The molecule has 0 aromatic heterocycles. The van der Waals surface area contributed by atoms with Crippen LogP contribution < -0.4 is 0 Å². The van der Waals surface area contributed by atoms with Gasteiger partial charge in [-0.2, -0.15) is 5.26 Å². The minimum absolute atomic E-state index is 0.403. The lowest BCUT2D eigenvalue weighted by Crippen LogP contribution is -1.88. The molecule has 32 valence electrons. The number of rotatable bonds is 1. The molecule has 0 aliphatic heterocycles. The monoisotopic (exact) mass is 88.0 g/mol. The van der Waals surface area contributed by atoms with Crippen LogP contribution in [0.25, 0.3) is 0 Å². The summed E-state index contributed by atoms with van der Waals surface area (Å²) in [6, 6.07) is 1.47. The Kier molecular flexibility index (Phi) is 1.83. The first kappa shape index (κ1) is 4.96. The van der Waals surface area contributed by atoms with E-state index < -0.39 is 12.4 Å². The molecule has 3 nitrogen and oxygen atoms in total. The third-order valence-electron chi connectivity index (χ3n) is 0.230. The highest BCUT2D eigenvalue weighted by atomic mass is 16.5. The zero-order valence-electron chi connectivity index (χ0n) is 3.01. The number of aliphatic carboxylic acids is 1. The minimum Gasteiger partial charge on any atom is -0.480 e. The second-order valence-electron chi connectivity index (χ2n) is 0.729. The summed E-state index contributed by atoms with van der Waals surface area (Å²) in [4.78, 5) is 9.38. The highest BCUT2D eigenvalue weighted by molar-refractivity contribution is 5.69. The minimum atomic E-state index is -1.07. The van der Waals surface area contributed by atoms with Crippen molar-refractivity contribution in [1.82, 2.24) is 0 Å². The molecule has 0 aromatic rings. The number of carboxylic acids is 1. The molecule has 0 aliphatic rings. The van der Waals surface area contributed by atoms with Crippen molar-refractivity contribution in [2.75, 3.05) is 0 Å². The van der Waals surface area contributed by atoms with Gasteiger partial charge in [-0.1, -0.05) is 0 Å². The van der Waals surface area contributed by atoms with Crippen LogP contribution in [0, 0.1) is 11.3 Å². The molecule has 0 bridgehead atoms. The molecule has 0 unspecified atom stereocenters. The third kappa shape index (κ3) is 2.96. The molecule has 0 atom stereocenters. The van der Waals surface area contributed by atoms with Crippen LogP contribution in [0.15, 0.2) is 0 Å². The van der Waals surface area contributed by atoms with E-state index in [1.54, 1.807) is 0 Å². The standard InChI is InChI=1S/C3H3NO2/c4-2-1-3(5)6/h1H2,(H,5,6)/i1+1,2+1,3+1. The van der Waals surface area contributed by atoms with Crippen LogP contribution in [-0.4, -0.2) is 11.1 Å². The fourth-order valence-electron chi connectivity index (χ4n) is 0.0676. The Morgan fingerprint density at radius 1 is 2.00 bits per heavy atom. The van der Waals surface area contributed by atoms with Gasteiger partial charge in [-0.25, -0.2) is 0 Å². The Labute approximate surface area is 34.8 Å². The Balaban J connectivity index is 3.13. The summed E-state index contributed by atoms with van der Waals surface area (Å²) in [5.74, 6) is -1.07. The van der Waals surface area contributed by atoms with Crippen molar-refractivity contribution < 1.29 is 9.90 Å². The van der Waals surface area contributed by atoms with Crippen molar-refractivity contribution in [3.63, 3.8) is 0 Å². The molecule has 0 saturated carbocycles. The average Bonchev–Trinajstić information content (AvgIpc) is 1.35. The molecule has 3 heteroatoms. The summed E-state index contributed by atoms with van der Waals surface area (Å²) in [7, 11) is 0. The molecule has 0 saturated heterocycles. The fraction of sp³-hybridized carbons (Fsp3) is 0.333. The first-order valence-electron chi connectivity index (χ1n) is 1.36. The van der Waals surface area contributed by atoms with Gasteiger partial charge in [-0.05, 0) is 0 Å². The van der Waals surface area contributed by atoms with Gasteiger partial charge in [-0.3, -0.25) is 4.79 Å². The van der Waals surface area contributed by atoms with E-state index in [-0.39, 0.29) is 0 Å². The molecular formula is C3H3NO2. The van der Waals surface area contributed by atoms with Crippen LogP contribution in [0.1, 0.15) is 6.42 Å². The number of carbonyl (C=O) groups is 1. The maximum Gasteiger partial charge on any atom is 0.317 e. The van der Waals surface area contributed by atoms with Crippen molar-refractivity contribution in [3.8, 4) is 6.07 Å². The van der Waals surface area contributed by atoms with Gasteiger partial charge in [0.1, 0.15) is 6.42 Å². The zero-order chi connectivity index (χ0) is 4.99. The van der Waals surface area contributed by atoms with Gasteiger partial charge in [0.15, 0.2) is 0 Å². The van der Waals surface area contributed by atoms with Crippen molar-refractivity contribution in [1.29, 1.82) is 5.26 Å². The van der Waals surface area contributed by atoms with Crippen LogP contribution in [0.4, 0.5) is 0 Å². The smallest absolute Gasteiger partial charge is 0.317 e. The molecule has 0 rings (SSSR count). The van der Waals surface area contributed by atoms with E-state index in [0.717, 1.165) is 0 Å². The van der Waals surface area contributed by atoms with E-state index in [1.165, 1.54) is 6.07 Å². The second kappa shape index (κ2) is 2.21. The normalized spacial score (nSPS) is 6.50. The van der Waals surface area contributed by atoms with Gasteiger partial charge in [0.05, 0.1) is 6.07 Å². The van der Waals surface area contributed by atoms with Gasteiger partial charge in [0.25, 0.3) is 0 Å². The van der Waals surface area contributed by atoms with Crippen LogP contribution in [0.2, 0.25) is 0 Å². The van der Waals surface area contributed by atoms with Crippen molar-refractivity contribution in [2.24, 2.45) is 0 Å². The first-order chi connectivity index (χ1) is 2.77. The molecular weight excluding hydrogens is 85.0 g/mol. The molecule has 0 heterocycles. The van der Waals surface area contributed by atoms with Gasteiger partial charge in [-0.15, -0.1) is 0 Å². The molecule has 0 radical (unpaired) electrons. The Hall–Kier alpha value is -1.04. The Morgan fingerprint density at radius 3 is 2.50 bits per heavy atom. The largest absolute Gasteiger partial charge is 0.480 e. The number of hydrogen-bond donors (Lipinski definition) is 1. The fourth-order valence-corrected chi connectivity index (χ4v) is 0.0676. The number of carboxylic acid groups (broad SMARTS) is 1. The van der Waals surface area contributed by atoms with E-state index in [9.17, 15) is 4.79 Å². The lowest BCUT2D eigenvalue weighted by atomic mass is 11.5. The highest BCUT2D eigenvalue weighted by Crippen LogP contribution is 1.68. The topological polar surface area (TPSA) is 61.1 Å². The van der Waals surface area contributed by atoms with E-state index in [0.29, 0.717) is 0 Å². The van der Waals surface area contributed by atoms with Crippen LogP contribution in [-0.2, 0) is 4.79 Å². The average molecular weight is 88.0 g/mol. The van der Waals surface area contributed by atoms with Gasteiger partial charge < -0.3 is 5.11 Å². The maximum absolute atomic E-state index is 9.38. The van der Waals surface area contributed by atoms with Gasteiger partial charge >= 0.3 is 5.97 Å². The lowest BCUT2D eigenvalue weighted by Gasteiger charge is -1.70. The zero-order valence-corrected chi connectivity index (χ0v) is 3.01. The van der Waals surface area contributed by atoms with E-state index >= 15 is 0 Å². The Morgan fingerprint density at radius 2 is 2.50 bits per heavy atom. The van der Waals surface area contributed by atoms with Crippen molar-refractivity contribution in [3.05, 3.63) is 0 Å². The number of nitriles is 1. The third-order valence-corrected chi connectivity index (χ3v) is 0.230. The number of hydrogen-bond acceptors (Lipinski definition) is 2. The summed E-state index contributed by atoms with van der Waals surface area (Å²) in [6.07, 6.45) is -0.403. The van der Waals surface area contributed by atoms with Crippen molar-refractivity contribution >= 4 is 5.97 Å². The van der Waals surface area contributed by atoms with Crippen LogP contribution >= 0.6 is 0 Å². The first-order valence-corrected chi connectivity index (χ1v) is 1.36. The SMILES string of the molecule is N#[13C][13CH2][13C](=O)O. The molecule has 0 spiro atoms. The molecule has 0 aliphatic carbocycles. The second-order valence-corrected chi connectivity index (χ2v) is 0.729. The number of nitrogens with zero attached hydrogens (tertiary/aromatic N) is 1. The van der Waals surface area contributed by atoms with Gasteiger partial charge in [0.2, 0.25) is 0 Å². The Bertz CT molecular complexity index is 91.5. The molecule has 6 heavy (non-hydrogen) atoms. The molecule has 0 fully saturated rings. The molecule has 0 amide bonds. The summed E-state index contributed by atoms with van der Waals surface area (Å²) < 4.78 is 0. The van der Waals surface area contributed by atoms with E-state index in [4.69, 9.17) is 10.4 Å². The van der Waals surface area contributed by atoms with Crippen LogP contribution in [0.5, 0.6) is 0 Å². The lowest BCUT2D eigenvalue weighted by molar-refractivity contribution is -0.135. The van der Waals surface area contributed by atoms with Crippen molar-refractivity contribution in [2.45, 2.75) is 6.42 Å². The molecule has 1 N–H and O–H groups in total. The molecule has 0 aromatic carbocycles. The summed E-state index contributed by atoms with van der Waals surface area (Å²) in [6.45, 7) is 0. The highest BCUT2D eigenvalue weighted by Gasteiger charge is 1.87. The summed E-state index contributed by atoms with van der Waals surface area (Å²) in [5, 5.41) is 15.3. The van der Waals surface area contributed by atoms with E-state index in [1.807, 2.05) is 0 Å². The predicted molar refractivity (Wildman–Crippen MR) is 17.9 cm³/mol. The predicted octanol–water partition coefficient (Wildman–Crippen LogP) is -0.0153. The summed E-state index contributed by atoms with van der Waals surface area (Å²) in [5.41, 5.74) is 0. The maximum atomic E-state index is 9.38. The summed E-state index contributed by atoms with van der Waals surface area (Å²) >= 11 is 0. The van der Waals surface area contributed by atoms with E-state index in [2.05, 4.69) is 0 Å². The van der Waals surface area contributed by atoms with Gasteiger partial charge in [0, 0.05) is 0 Å².